The maximum Gasteiger partial charge on any atom is 0.219 e. The second-order valence-corrected chi connectivity index (χ2v) is 6.01. The SMILES string of the molecule is COc1nc(Cl)cc2c1C(N1CCN(C(C)=O)CC1)CC2. The number of hydrogen-bond acceptors (Lipinski definition) is 4. The standard InChI is InChI=1S/C15H20ClN3O2/c1-10(20)18-5-7-19(8-6-18)12-4-3-11-9-13(16)17-15(21-2)14(11)12/h9,12H,3-8H2,1-2H3. The number of fused-ring (bicyclic) bond motifs is 1. The molecule has 1 aliphatic carbocycles. The van der Waals surface area contributed by atoms with Gasteiger partial charge in [0.15, 0.2) is 0 Å². The maximum atomic E-state index is 11.4. The summed E-state index contributed by atoms with van der Waals surface area (Å²) in [6.07, 6.45) is 2.07. The lowest BCUT2D eigenvalue weighted by Crippen LogP contribution is -2.48. The van der Waals surface area contributed by atoms with E-state index < -0.39 is 0 Å². The van der Waals surface area contributed by atoms with E-state index in [1.165, 1.54) is 11.1 Å². The van der Waals surface area contributed by atoms with E-state index in [4.69, 9.17) is 16.3 Å². The molecule has 114 valence electrons. The van der Waals surface area contributed by atoms with Crippen LogP contribution in [-0.2, 0) is 11.2 Å². The number of rotatable bonds is 2. The molecule has 0 radical (unpaired) electrons. The highest BCUT2D eigenvalue weighted by molar-refractivity contribution is 6.29. The highest BCUT2D eigenvalue weighted by Crippen LogP contribution is 2.41. The number of methoxy groups -OCH3 is 1. The van der Waals surface area contributed by atoms with Gasteiger partial charge >= 0.3 is 0 Å². The lowest BCUT2D eigenvalue weighted by atomic mass is 10.1. The summed E-state index contributed by atoms with van der Waals surface area (Å²) in [7, 11) is 1.64. The van der Waals surface area contributed by atoms with Crippen LogP contribution >= 0.6 is 11.6 Å². The van der Waals surface area contributed by atoms with Crippen LogP contribution < -0.4 is 4.74 Å². The van der Waals surface area contributed by atoms with Crippen LogP contribution in [0, 0.1) is 0 Å². The number of aryl methyl sites for hydroxylation is 1. The van der Waals surface area contributed by atoms with Gasteiger partial charge < -0.3 is 9.64 Å². The van der Waals surface area contributed by atoms with Crippen molar-refractivity contribution in [1.82, 2.24) is 14.8 Å². The number of aromatic nitrogens is 1. The molecule has 2 heterocycles. The van der Waals surface area contributed by atoms with Crippen LogP contribution in [-0.4, -0.2) is 54.0 Å². The van der Waals surface area contributed by atoms with E-state index in [-0.39, 0.29) is 5.91 Å². The molecule has 0 spiro atoms. The van der Waals surface area contributed by atoms with Gasteiger partial charge in [0.05, 0.1) is 7.11 Å². The van der Waals surface area contributed by atoms with Crippen LogP contribution in [0.2, 0.25) is 5.15 Å². The predicted octanol–water partition coefficient (Wildman–Crippen LogP) is 1.90. The topological polar surface area (TPSA) is 45.7 Å². The highest BCUT2D eigenvalue weighted by atomic mass is 35.5. The average molecular weight is 310 g/mol. The van der Waals surface area contributed by atoms with Gasteiger partial charge in [0, 0.05) is 44.7 Å². The molecule has 1 amide bonds. The number of ether oxygens (including phenoxy) is 1. The molecule has 0 aromatic carbocycles. The predicted molar refractivity (Wildman–Crippen MR) is 80.7 cm³/mol. The normalized spacial score (nSPS) is 22.2. The molecule has 1 aromatic heterocycles. The number of amides is 1. The zero-order valence-corrected chi connectivity index (χ0v) is 13.2. The van der Waals surface area contributed by atoms with Gasteiger partial charge in [-0.1, -0.05) is 11.6 Å². The maximum absolute atomic E-state index is 11.4. The molecule has 5 nitrogen and oxygen atoms in total. The fourth-order valence-corrected chi connectivity index (χ4v) is 3.63. The van der Waals surface area contributed by atoms with E-state index in [0.29, 0.717) is 17.1 Å². The third-order valence-electron chi connectivity index (χ3n) is 4.49. The fraction of sp³-hybridized carbons (Fsp3) is 0.600. The van der Waals surface area contributed by atoms with Crippen LogP contribution in [0.5, 0.6) is 5.88 Å². The minimum absolute atomic E-state index is 0.160. The van der Waals surface area contributed by atoms with Crippen LogP contribution in [0.15, 0.2) is 6.07 Å². The minimum Gasteiger partial charge on any atom is -0.481 e. The summed E-state index contributed by atoms with van der Waals surface area (Å²) in [6, 6.07) is 2.28. The van der Waals surface area contributed by atoms with Crippen LogP contribution in [0.1, 0.15) is 30.5 Å². The monoisotopic (exact) mass is 309 g/mol. The second kappa shape index (κ2) is 5.81. The number of pyridine rings is 1. The van der Waals surface area contributed by atoms with Crippen molar-refractivity contribution in [2.45, 2.75) is 25.8 Å². The van der Waals surface area contributed by atoms with E-state index in [1.54, 1.807) is 14.0 Å². The number of nitrogens with zero attached hydrogens (tertiary/aromatic N) is 3. The third kappa shape index (κ3) is 2.72. The largest absolute Gasteiger partial charge is 0.481 e. The summed E-state index contributed by atoms with van der Waals surface area (Å²) in [4.78, 5) is 20.1. The molecule has 2 aliphatic rings. The lowest BCUT2D eigenvalue weighted by Gasteiger charge is -2.38. The molecule has 1 atom stereocenters. The molecule has 1 aromatic rings. The average Bonchev–Trinajstić information content (AvgIpc) is 2.90. The Morgan fingerprint density at radius 3 is 2.71 bits per heavy atom. The lowest BCUT2D eigenvalue weighted by molar-refractivity contribution is -0.130. The van der Waals surface area contributed by atoms with Gasteiger partial charge in [-0.25, -0.2) is 4.98 Å². The number of piperazine rings is 1. The molecule has 6 heteroatoms. The van der Waals surface area contributed by atoms with Gasteiger partial charge in [0.1, 0.15) is 5.15 Å². The minimum atomic E-state index is 0.160. The smallest absolute Gasteiger partial charge is 0.219 e. The van der Waals surface area contributed by atoms with Gasteiger partial charge in [0.2, 0.25) is 11.8 Å². The Balaban J connectivity index is 1.80. The van der Waals surface area contributed by atoms with Crippen molar-refractivity contribution >= 4 is 17.5 Å². The van der Waals surface area contributed by atoms with Crippen molar-refractivity contribution in [3.8, 4) is 5.88 Å². The Labute approximate surface area is 129 Å². The van der Waals surface area contributed by atoms with Gasteiger partial charge in [0.25, 0.3) is 0 Å². The van der Waals surface area contributed by atoms with Crippen molar-refractivity contribution in [2.24, 2.45) is 0 Å². The zero-order chi connectivity index (χ0) is 15.0. The molecule has 3 rings (SSSR count). The van der Waals surface area contributed by atoms with Gasteiger partial charge in [-0.2, -0.15) is 0 Å². The summed E-state index contributed by atoms with van der Waals surface area (Å²) in [5.74, 6) is 0.807. The molecule has 0 N–H and O–H groups in total. The fourth-order valence-electron chi connectivity index (χ4n) is 3.42. The van der Waals surface area contributed by atoms with Crippen LogP contribution in [0.3, 0.4) is 0 Å². The summed E-state index contributed by atoms with van der Waals surface area (Å²) >= 11 is 6.05. The molecular weight excluding hydrogens is 290 g/mol. The van der Waals surface area contributed by atoms with E-state index >= 15 is 0 Å². The summed E-state index contributed by atoms with van der Waals surface area (Å²) < 4.78 is 5.43. The Bertz CT molecular complexity index is 556. The summed E-state index contributed by atoms with van der Waals surface area (Å²) in [6.45, 7) is 5.02. The molecule has 1 saturated heterocycles. The molecule has 1 fully saturated rings. The van der Waals surface area contributed by atoms with Gasteiger partial charge in [-0.05, 0) is 24.5 Å². The van der Waals surface area contributed by atoms with Crippen LogP contribution in [0.25, 0.3) is 0 Å². The molecule has 0 bridgehead atoms. The zero-order valence-electron chi connectivity index (χ0n) is 12.4. The molecule has 1 unspecified atom stereocenters. The van der Waals surface area contributed by atoms with Crippen molar-refractivity contribution < 1.29 is 9.53 Å². The van der Waals surface area contributed by atoms with E-state index in [9.17, 15) is 4.79 Å². The Hall–Kier alpha value is -1.33. The number of hydrogen-bond donors (Lipinski definition) is 0. The van der Waals surface area contributed by atoms with Crippen LogP contribution in [0.4, 0.5) is 0 Å². The summed E-state index contributed by atoms with van der Waals surface area (Å²) in [5.41, 5.74) is 2.42. The van der Waals surface area contributed by atoms with E-state index in [2.05, 4.69) is 9.88 Å². The molecule has 0 saturated carbocycles. The van der Waals surface area contributed by atoms with Crippen molar-refractivity contribution in [3.63, 3.8) is 0 Å². The Kier molecular flexibility index (Phi) is 4.04. The quantitative estimate of drug-likeness (QED) is 0.783. The first-order valence-electron chi connectivity index (χ1n) is 7.33. The van der Waals surface area contributed by atoms with Gasteiger partial charge in [-0.3, -0.25) is 9.69 Å². The highest BCUT2D eigenvalue weighted by Gasteiger charge is 2.34. The molecule has 21 heavy (non-hydrogen) atoms. The number of carbonyl (C=O) groups is 1. The number of carbonyl (C=O) groups excluding carboxylic acids is 1. The molecule has 1 aliphatic heterocycles. The van der Waals surface area contributed by atoms with Crippen molar-refractivity contribution in [3.05, 3.63) is 22.3 Å². The first-order chi connectivity index (χ1) is 10.1. The second-order valence-electron chi connectivity index (χ2n) is 5.62. The Morgan fingerprint density at radius 2 is 2.10 bits per heavy atom. The van der Waals surface area contributed by atoms with Crippen molar-refractivity contribution in [2.75, 3.05) is 33.3 Å². The Morgan fingerprint density at radius 1 is 1.38 bits per heavy atom. The number of halogens is 1. The first kappa shape index (κ1) is 14.6. The molecular formula is C15H20ClN3O2. The van der Waals surface area contributed by atoms with Crippen molar-refractivity contribution in [1.29, 1.82) is 0 Å². The van der Waals surface area contributed by atoms with E-state index in [1.807, 2.05) is 11.0 Å². The summed E-state index contributed by atoms with van der Waals surface area (Å²) in [5, 5.41) is 0.493. The first-order valence-corrected chi connectivity index (χ1v) is 7.71. The van der Waals surface area contributed by atoms with Gasteiger partial charge in [-0.15, -0.1) is 0 Å². The van der Waals surface area contributed by atoms with E-state index in [0.717, 1.165) is 39.0 Å². The third-order valence-corrected chi connectivity index (χ3v) is 4.69.